The highest BCUT2D eigenvalue weighted by Crippen LogP contribution is 2.17. The third-order valence-electron chi connectivity index (χ3n) is 4.04. The Morgan fingerprint density at radius 1 is 0.600 bits per heavy atom. The van der Waals surface area contributed by atoms with Crippen molar-refractivity contribution in [2.45, 2.75) is 13.8 Å². The molecule has 3 aromatic carbocycles. The number of nitrogens with zero attached hydrogens (tertiary/aromatic N) is 2. The number of aliphatic imine (C=N–C) groups is 2. The summed E-state index contributed by atoms with van der Waals surface area (Å²) in [6.07, 6.45) is 3.57. The van der Waals surface area contributed by atoms with Gasteiger partial charge in [-0.1, -0.05) is 24.3 Å². The highest BCUT2D eigenvalue weighted by atomic mass is 16.2. The molecule has 0 aliphatic carbocycles. The van der Waals surface area contributed by atoms with Gasteiger partial charge in [0.2, 0.25) is 11.8 Å². The van der Waals surface area contributed by atoms with Crippen LogP contribution in [-0.2, 0) is 9.59 Å². The lowest BCUT2D eigenvalue weighted by atomic mass is 10.1. The van der Waals surface area contributed by atoms with E-state index in [1.54, 1.807) is 12.4 Å². The molecule has 0 saturated carbocycles. The molecule has 0 radical (unpaired) electrons. The molecule has 0 atom stereocenters. The molecule has 0 aliphatic heterocycles. The molecule has 150 valence electrons. The van der Waals surface area contributed by atoms with Gasteiger partial charge in [-0.15, -0.1) is 0 Å². The molecular weight excluding hydrogens is 376 g/mol. The summed E-state index contributed by atoms with van der Waals surface area (Å²) in [6, 6.07) is 22.5. The number of benzene rings is 3. The van der Waals surface area contributed by atoms with Gasteiger partial charge in [-0.25, -0.2) is 0 Å². The smallest absolute Gasteiger partial charge is 0.221 e. The Hall–Kier alpha value is -4.06. The quantitative estimate of drug-likeness (QED) is 0.566. The van der Waals surface area contributed by atoms with Crippen molar-refractivity contribution >= 4 is 47.0 Å². The van der Waals surface area contributed by atoms with Crippen LogP contribution in [-0.4, -0.2) is 24.2 Å². The van der Waals surface area contributed by atoms with Gasteiger partial charge in [-0.2, -0.15) is 0 Å². The van der Waals surface area contributed by atoms with Crippen LogP contribution in [0.1, 0.15) is 25.0 Å². The monoisotopic (exact) mass is 398 g/mol. The van der Waals surface area contributed by atoms with Crippen molar-refractivity contribution in [3.8, 4) is 0 Å². The molecule has 0 saturated heterocycles. The SMILES string of the molecule is CC(=O)Nc1ccc(N=Cc2ccc(C=Nc3ccc(NC(C)=O)cc3)cc2)cc1. The summed E-state index contributed by atoms with van der Waals surface area (Å²) in [7, 11) is 0. The molecule has 30 heavy (non-hydrogen) atoms. The standard InChI is InChI=1S/C24H22N4O2/c1-17(29)27-23-11-7-21(8-12-23)25-15-19-3-5-20(6-4-19)16-26-22-9-13-24(14-10-22)28-18(2)30/h3-16H,1-2H3,(H,27,29)(H,28,30). The third-order valence-corrected chi connectivity index (χ3v) is 4.04. The van der Waals surface area contributed by atoms with Gasteiger partial charge in [0.15, 0.2) is 0 Å². The molecule has 2 amide bonds. The van der Waals surface area contributed by atoms with Crippen LogP contribution in [0.15, 0.2) is 82.8 Å². The predicted octanol–water partition coefficient (Wildman–Crippen LogP) is 5.10. The molecule has 0 bridgehead atoms. The zero-order valence-corrected chi connectivity index (χ0v) is 16.8. The summed E-state index contributed by atoms with van der Waals surface area (Å²) in [6.45, 7) is 2.95. The van der Waals surface area contributed by atoms with Crippen molar-refractivity contribution in [3.05, 3.63) is 83.9 Å². The second kappa shape index (κ2) is 9.93. The summed E-state index contributed by atoms with van der Waals surface area (Å²) in [5.41, 5.74) is 5.04. The van der Waals surface area contributed by atoms with Gasteiger partial charge in [-0.3, -0.25) is 19.6 Å². The molecule has 0 heterocycles. The van der Waals surface area contributed by atoms with Gasteiger partial charge in [0.25, 0.3) is 0 Å². The van der Waals surface area contributed by atoms with E-state index in [-0.39, 0.29) is 11.8 Å². The fourth-order valence-electron chi connectivity index (χ4n) is 2.63. The molecule has 3 aromatic rings. The second-order valence-corrected chi connectivity index (χ2v) is 6.64. The number of carbonyl (C=O) groups excluding carboxylic acids is 2. The lowest BCUT2D eigenvalue weighted by Gasteiger charge is -2.02. The molecule has 6 nitrogen and oxygen atoms in total. The summed E-state index contributed by atoms with van der Waals surface area (Å²) >= 11 is 0. The zero-order chi connectivity index (χ0) is 21.3. The topological polar surface area (TPSA) is 82.9 Å². The van der Waals surface area contributed by atoms with E-state index in [1.165, 1.54) is 13.8 Å². The molecular formula is C24H22N4O2. The van der Waals surface area contributed by atoms with E-state index in [1.807, 2.05) is 72.8 Å². The summed E-state index contributed by atoms with van der Waals surface area (Å²) in [5, 5.41) is 5.45. The van der Waals surface area contributed by atoms with Crippen LogP contribution in [0.2, 0.25) is 0 Å². The van der Waals surface area contributed by atoms with Crippen molar-refractivity contribution in [2.75, 3.05) is 10.6 Å². The van der Waals surface area contributed by atoms with E-state index in [2.05, 4.69) is 20.6 Å². The highest BCUT2D eigenvalue weighted by Gasteiger charge is 1.97. The largest absolute Gasteiger partial charge is 0.326 e. The van der Waals surface area contributed by atoms with Crippen molar-refractivity contribution in [1.82, 2.24) is 0 Å². The summed E-state index contributed by atoms with van der Waals surface area (Å²) in [5.74, 6) is -0.200. The molecule has 0 fully saturated rings. The average molecular weight is 398 g/mol. The molecule has 0 aliphatic rings. The van der Waals surface area contributed by atoms with Crippen LogP contribution in [0.5, 0.6) is 0 Å². The van der Waals surface area contributed by atoms with E-state index in [0.717, 1.165) is 33.9 Å². The average Bonchev–Trinajstić information content (AvgIpc) is 2.73. The first-order chi connectivity index (χ1) is 14.5. The van der Waals surface area contributed by atoms with Gasteiger partial charge >= 0.3 is 0 Å². The Morgan fingerprint density at radius 2 is 0.933 bits per heavy atom. The fourth-order valence-corrected chi connectivity index (χ4v) is 2.63. The second-order valence-electron chi connectivity index (χ2n) is 6.64. The van der Waals surface area contributed by atoms with Crippen molar-refractivity contribution in [1.29, 1.82) is 0 Å². The lowest BCUT2D eigenvalue weighted by Crippen LogP contribution is -2.04. The number of carbonyl (C=O) groups is 2. The predicted molar refractivity (Wildman–Crippen MR) is 122 cm³/mol. The molecule has 6 heteroatoms. The minimum Gasteiger partial charge on any atom is -0.326 e. The number of hydrogen-bond donors (Lipinski definition) is 2. The highest BCUT2D eigenvalue weighted by molar-refractivity contribution is 5.90. The third kappa shape index (κ3) is 6.53. The molecule has 2 N–H and O–H groups in total. The number of rotatable bonds is 6. The van der Waals surface area contributed by atoms with E-state index >= 15 is 0 Å². The maximum atomic E-state index is 11.0. The first kappa shape index (κ1) is 20.7. The van der Waals surface area contributed by atoms with Gasteiger partial charge < -0.3 is 10.6 Å². The number of hydrogen-bond acceptors (Lipinski definition) is 4. The first-order valence-electron chi connectivity index (χ1n) is 9.41. The van der Waals surface area contributed by atoms with Gasteiger partial charge in [0.05, 0.1) is 11.4 Å². The van der Waals surface area contributed by atoms with Crippen LogP contribution in [0, 0.1) is 0 Å². The van der Waals surface area contributed by atoms with E-state index < -0.39 is 0 Å². The van der Waals surface area contributed by atoms with E-state index in [9.17, 15) is 9.59 Å². The fraction of sp³-hybridized carbons (Fsp3) is 0.0833. The summed E-state index contributed by atoms with van der Waals surface area (Å²) in [4.78, 5) is 31.0. The van der Waals surface area contributed by atoms with E-state index in [0.29, 0.717) is 0 Å². The summed E-state index contributed by atoms with van der Waals surface area (Å²) < 4.78 is 0. The molecule has 0 aromatic heterocycles. The van der Waals surface area contributed by atoms with Gasteiger partial charge in [-0.05, 0) is 59.7 Å². The maximum absolute atomic E-state index is 11.0. The molecule has 3 rings (SSSR count). The lowest BCUT2D eigenvalue weighted by molar-refractivity contribution is -0.115. The van der Waals surface area contributed by atoms with Crippen LogP contribution in [0.3, 0.4) is 0 Å². The normalized spacial score (nSPS) is 11.0. The first-order valence-corrected chi connectivity index (χ1v) is 9.41. The van der Waals surface area contributed by atoms with Crippen LogP contribution >= 0.6 is 0 Å². The Balaban J connectivity index is 1.59. The van der Waals surface area contributed by atoms with Crippen molar-refractivity contribution in [3.63, 3.8) is 0 Å². The van der Waals surface area contributed by atoms with Gasteiger partial charge in [0.1, 0.15) is 0 Å². The number of amides is 2. The Labute approximate surface area is 175 Å². The Bertz CT molecular complexity index is 979. The number of anilines is 2. The van der Waals surface area contributed by atoms with Crippen LogP contribution < -0.4 is 10.6 Å². The van der Waals surface area contributed by atoms with Crippen molar-refractivity contribution in [2.24, 2.45) is 9.98 Å². The maximum Gasteiger partial charge on any atom is 0.221 e. The minimum absolute atomic E-state index is 0.100. The van der Waals surface area contributed by atoms with Gasteiger partial charge in [0, 0.05) is 37.7 Å². The number of nitrogens with one attached hydrogen (secondary N) is 2. The molecule has 0 spiro atoms. The molecule has 0 unspecified atom stereocenters. The van der Waals surface area contributed by atoms with E-state index in [4.69, 9.17) is 0 Å². The Morgan fingerprint density at radius 3 is 1.23 bits per heavy atom. The Kier molecular flexibility index (Phi) is 6.84. The minimum atomic E-state index is -0.100. The van der Waals surface area contributed by atoms with Crippen molar-refractivity contribution < 1.29 is 9.59 Å². The van der Waals surface area contributed by atoms with Crippen LogP contribution in [0.25, 0.3) is 0 Å². The van der Waals surface area contributed by atoms with Crippen LogP contribution in [0.4, 0.5) is 22.7 Å². The zero-order valence-electron chi connectivity index (χ0n) is 16.8.